The summed E-state index contributed by atoms with van der Waals surface area (Å²) >= 11 is 0. The minimum absolute atomic E-state index is 0.288. The van der Waals surface area contributed by atoms with Crippen LogP contribution in [0.1, 0.15) is 33.8 Å². The number of aryl methyl sites for hydroxylation is 1. The maximum atomic E-state index is 12.0. The second kappa shape index (κ2) is 8.35. The van der Waals surface area contributed by atoms with E-state index in [1.807, 2.05) is 0 Å². The molecule has 0 unspecified atom stereocenters. The SMILES string of the molecule is COC(=O)c1ccncc1NC[C@@H]1CCOc2cc(-c3cccc(C)c3)ccc21. The Kier molecular flexibility index (Phi) is 5.47. The molecule has 29 heavy (non-hydrogen) atoms. The summed E-state index contributed by atoms with van der Waals surface area (Å²) in [6.07, 6.45) is 4.17. The maximum Gasteiger partial charge on any atom is 0.340 e. The topological polar surface area (TPSA) is 60.5 Å². The van der Waals surface area contributed by atoms with Crippen LogP contribution in [0.25, 0.3) is 11.1 Å². The number of fused-ring (bicyclic) bond motifs is 1. The molecule has 5 heteroatoms. The van der Waals surface area contributed by atoms with E-state index in [2.05, 4.69) is 59.7 Å². The van der Waals surface area contributed by atoms with Gasteiger partial charge in [-0.1, -0.05) is 42.0 Å². The van der Waals surface area contributed by atoms with Crippen molar-refractivity contribution in [3.05, 3.63) is 77.6 Å². The summed E-state index contributed by atoms with van der Waals surface area (Å²) in [5.74, 6) is 0.850. The van der Waals surface area contributed by atoms with Crippen LogP contribution in [0.2, 0.25) is 0 Å². The van der Waals surface area contributed by atoms with Gasteiger partial charge in [-0.05, 0) is 42.2 Å². The Labute approximate surface area is 170 Å². The van der Waals surface area contributed by atoms with Crippen LogP contribution in [-0.2, 0) is 4.74 Å². The number of pyridine rings is 1. The molecular weight excluding hydrogens is 364 g/mol. The number of carbonyl (C=O) groups excluding carboxylic acids is 1. The monoisotopic (exact) mass is 388 g/mol. The molecule has 0 aliphatic carbocycles. The van der Waals surface area contributed by atoms with Crippen molar-refractivity contribution in [1.82, 2.24) is 4.98 Å². The molecule has 5 nitrogen and oxygen atoms in total. The highest BCUT2D eigenvalue weighted by atomic mass is 16.5. The Bertz CT molecular complexity index is 1030. The molecule has 148 valence electrons. The number of ether oxygens (including phenoxy) is 2. The summed E-state index contributed by atoms with van der Waals surface area (Å²) in [6.45, 7) is 3.46. The molecule has 0 amide bonds. The number of aromatic nitrogens is 1. The summed E-state index contributed by atoms with van der Waals surface area (Å²) in [7, 11) is 1.38. The van der Waals surface area contributed by atoms with Gasteiger partial charge >= 0.3 is 5.97 Å². The van der Waals surface area contributed by atoms with Crippen LogP contribution in [0, 0.1) is 6.92 Å². The van der Waals surface area contributed by atoms with E-state index in [0.717, 1.165) is 17.7 Å². The number of anilines is 1. The van der Waals surface area contributed by atoms with Crippen LogP contribution in [0.3, 0.4) is 0 Å². The van der Waals surface area contributed by atoms with Crippen LogP contribution >= 0.6 is 0 Å². The average molecular weight is 388 g/mol. The second-order valence-corrected chi connectivity index (χ2v) is 7.25. The van der Waals surface area contributed by atoms with Gasteiger partial charge < -0.3 is 14.8 Å². The first-order valence-corrected chi connectivity index (χ1v) is 9.75. The van der Waals surface area contributed by atoms with Gasteiger partial charge in [-0.25, -0.2) is 4.79 Å². The van der Waals surface area contributed by atoms with Crippen LogP contribution < -0.4 is 10.1 Å². The van der Waals surface area contributed by atoms with Gasteiger partial charge in [0.2, 0.25) is 0 Å². The lowest BCUT2D eigenvalue weighted by Gasteiger charge is -2.27. The molecule has 3 aromatic rings. The van der Waals surface area contributed by atoms with E-state index in [-0.39, 0.29) is 11.9 Å². The molecule has 2 aromatic carbocycles. The Morgan fingerprint density at radius 3 is 2.90 bits per heavy atom. The molecule has 1 aromatic heterocycles. The molecule has 0 saturated heterocycles. The Morgan fingerprint density at radius 1 is 1.21 bits per heavy atom. The number of hydrogen-bond donors (Lipinski definition) is 1. The zero-order valence-corrected chi connectivity index (χ0v) is 16.6. The highest BCUT2D eigenvalue weighted by Gasteiger charge is 2.23. The van der Waals surface area contributed by atoms with Crippen molar-refractivity contribution in [2.45, 2.75) is 19.3 Å². The fourth-order valence-corrected chi connectivity index (χ4v) is 3.74. The molecule has 1 aliphatic heterocycles. The van der Waals surface area contributed by atoms with E-state index in [4.69, 9.17) is 9.47 Å². The first-order valence-electron chi connectivity index (χ1n) is 9.75. The Hall–Kier alpha value is -3.34. The molecule has 4 rings (SSSR count). The van der Waals surface area contributed by atoms with E-state index >= 15 is 0 Å². The van der Waals surface area contributed by atoms with E-state index < -0.39 is 0 Å². The molecular formula is C24H24N2O3. The standard InChI is InChI=1S/C24H24N2O3/c1-16-4-3-5-17(12-16)18-6-7-20-19(9-11-29-23(20)13-18)14-26-22-15-25-10-8-21(22)24(27)28-2/h3-8,10,12-13,15,19,26H,9,11,14H2,1-2H3/t19-/m0/s1. The van der Waals surface area contributed by atoms with Crippen molar-refractivity contribution in [3.63, 3.8) is 0 Å². The van der Waals surface area contributed by atoms with Gasteiger partial charge in [-0.2, -0.15) is 0 Å². The largest absolute Gasteiger partial charge is 0.493 e. The number of hydrogen-bond acceptors (Lipinski definition) is 5. The molecule has 0 fully saturated rings. The van der Waals surface area contributed by atoms with Crippen LogP contribution in [0.5, 0.6) is 5.75 Å². The quantitative estimate of drug-likeness (QED) is 0.635. The van der Waals surface area contributed by atoms with Gasteiger partial charge in [0, 0.05) is 18.7 Å². The summed E-state index contributed by atoms with van der Waals surface area (Å²) in [6, 6.07) is 16.6. The van der Waals surface area contributed by atoms with Crippen LogP contribution in [-0.4, -0.2) is 31.2 Å². The lowest BCUT2D eigenvalue weighted by atomic mass is 9.90. The molecule has 1 aliphatic rings. The van der Waals surface area contributed by atoms with Crippen molar-refractivity contribution >= 4 is 11.7 Å². The first kappa shape index (κ1) is 19.0. The van der Waals surface area contributed by atoms with Crippen molar-refractivity contribution in [3.8, 4) is 16.9 Å². The third-order valence-electron chi connectivity index (χ3n) is 5.29. The molecule has 0 radical (unpaired) electrons. The number of methoxy groups -OCH3 is 1. The summed E-state index contributed by atoms with van der Waals surface area (Å²) in [4.78, 5) is 16.1. The number of rotatable bonds is 5. The van der Waals surface area contributed by atoms with Crippen molar-refractivity contribution in [1.29, 1.82) is 0 Å². The molecule has 1 atom stereocenters. The van der Waals surface area contributed by atoms with Gasteiger partial charge in [0.1, 0.15) is 5.75 Å². The third kappa shape index (κ3) is 4.09. The predicted octanol–water partition coefficient (Wildman–Crippen LogP) is 4.82. The fourth-order valence-electron chi connectivity index (χ4n) is 3.74. The molecule has 0 saturated carbocycles. The van der Waals surface area contributed by atoms with Gasteiger partial charge in [0.15, 0.2) is 0 Å². The highest BCUT2D eigenvalue weighted by molar-refractivity contribution is 5.95. The van der Waals surface area contributed by atoms with E-state index in [1.54, 1.807) is 18.5 Å². The van der Waals surface area contributed by atoms with E-state index in [9.17, 15) is 4.79 Å². The Morgan fingerprint density at radius 2 is 2.07 bits per heavy atom. The van der Waals surface area contributed by atoms with Gasteiger partial charge in [-0.3, -0.25) is 4.98 Å². The van der Waals surface area contributed by atoms with Gasteiger partial charge in [0.05, 0.1) is 31.2 Å². The number of nitrogens with zero attached hydrogens (tertiary/aromatic N) is 1. The number of carbonyl (C=O) groups is 1. The lowest BCUT2D eigenvalue weighted by Crippen LogP contribution is -2.21. The van der Waals surface area contributed by atoms with Crippen LogP contribution in [0.15, 0.2) is 60.9 Å². The number of benzene rings is 2. The minimum atomic E-state index is -0.370. The van der Waals surface area contributed by atoms with Crippen molar-refractivity contribution < 1.29 is 14.3 Å². The second-order valence-electron chi connectivity index (χ2n) is 7.25. The van der Waals surface area contributed by atoms with Gasteiger partial charge in [-0.15, -0.1) is 0 Å². The van der Waals surface area contributed by atoms with Crippen molar-refractivity contribution in [2.24, 2.45) is 0 Å². The molecule has 0 bridgehead atoms. The summed E-state index contributed by atoms with van der Waals surface area (Å²) in [5, 5.41) is 3.37. The molecule has 2 heterocycles. The zero-order chi connectivity index (χ0) is 20.2. The summed E-state index contributed by atoms with van der Waals surface area (Å²) < 4.78 is 10.8. The predicted molar refractivity (Wildman–Crippen MR) is 114 cm³/mol. The number of esters is 1. The lowest BCUT2D eigenvalue weighted by molar-refractivity contribution is 0.0601. The maximum absolute atomic E-state index is 12.0. The zero-order valence-electron chi connectivity index (χ0n) is 16.6. The fraction of sp³-hybridized carbons (Fsp3) is 0.250. The van der Waals surface area contributed by atoms with Gasteiger partial charge in [0.25, 0.3) is 0 Å². The van der Waals surface area contributed by atoms with Crippen LogP contribution in [0.4, 0.5) is 5.69 Å². The van der Waals surface area contributed by atoms with Crippen molar-refractivity contribution in [2.75, 3.05) is 25.6 Å². The normalized spacial score (nSPS) is 15.2. The smallest absolute Gasteiger partial charge is 0.340 e. The third-order valence-corrected chi connectivity index (χ3v) is 5.29. The first-order chi connectivity index (χ1) is 14.2. The number of nitrogens with one attached hydrogen (secondary N) is 1. The highest BCUT2D eigenvalue weighted by Crippen LogP contribution is 2.37. The van der Waals surface area contributed by atoms with E-state index in [0.29, 0.717) is 24.4 Å². The minimum Gasteiger partial charge on any atom is -0.493 e. The van der Waals surface area contributed by atoms with E-state index in [1.165, 1.54) is 23.8 Å². The molecule has 1 N–H and O–H groups in total. The average Bonchev–Trinajstić information content (AvgIpc) is 2.77. The molecule has 0 spiro atoms. The summed E-state index contributed by atoms with van der Waals surface area (Å²) in [5.41, 5.74) is 5.94. The Balaban J connectivity index is 1.54.